The number of allylic oxidation sites excluding steroid dienone is 1. The van der Waals surface area contributed by atoms with E-state index in [-0.39, 0.29) is 35.2 Å². The summed E-state index contributed by atoms with van der Waals surface area (Å²) in [6, 6.07) is 8.80. The van der Waals surface area contributed by atoms with E-state index in [1.54, 1.807) is 24.3 Å². The predicted molar refractivity (Wildman–Crippen MR) is 91.0 cm³/mol. The van der Waals surface area contributed by atoms with Crippen molar-refractivity contribution in [1.82, 2.24) is 0 Å². The molecule has 1 amide bonds. The number of amides is 1. The number of nitrogens with two attached hydrogens (primary N) is 1. The molecule has 1 aromatic rings. The van der Waals surface area contributed by atoms with Crippen molar-refractivity contribution in [2.45, 2.75) is 25.2 Å². The molecule has 7 heteroatoms. The normalized spacial score (nSPS) is 27.4. The number of hydrogen-bond acceptors (Lipinski definition) is 6. The van der Waals surface area contributed by atoms with E-state index in [2.05, 4.69) is 0 Å². The molecule has 4 rings (SSSR count). The lowest BCUT2D eigenvalue weighted by Gasteiger charge is -2.38. The van der Waals surface area contributed by atoms with Crippen LogP contribution in [-0.2, 0) is 19.7 Å². The van der Waals surface area contributed by atoms with Crippen molar-refractivity contribution in [3.8, 4) is 6.07 Å². The Labute approximate surface area is 150 Å². The lowest BCUT2D eigenvalue weighted by molar-refractivity contribution is -0.125. The number of Topliss-reactive ketones (excluding diaryl/α,β-unsaturated/α-hetero) is 1. The molecule has 0 fully saturated rings. The third-order valence-corrected chi connectivity index (χ3v) is 5.27. The molecule has 0 saturated heterocycles. The summed E-state index contributed by atoms with van der Waals surface area (Å²) in [6.07, 6.45) is 0.716. The van der Waals surface area contributed by atoms with Crippen LogP contribution in [0.5, 0.6) is 0 Å². The lowest BCUT2D eigenvalue weighted by atomic mass is 9.64. The maximum Gasteiger partial charge on any atom is 0.249 e. The largest absolute Gasteiger partial charge is 0.444 e. The van der Waals surface area contributed by atoms with Gasteiger partial charge in [-0.15, -0.1) is 0 Å². The number of carbonyl (C=O) groups is 2. The first-order valence-electron chi connectivity index (χ1n) is 8.34. The zero-order valence-electron chi connectivity index (χ0n) is 14.2. The smallest absolute Gasteiger partial charge is 0.249 e. The summed E-state index contributed by atoms with van der Waals surface area (Å²) in [4.78, 5) is 27.6. The van der Waals surface area contributed by atoms with Gasteiger partial charge in [0, 0.05) is 18.4 Å². The number of hydrogen-bond donors (Lipinski definition) is 2. The Hall–Kier alpha value is -3.11. The molecule has 2 heterocycles. The van der Waals surface area contributed by atoms with E-state index in [9.17, 15) is 20.0 Å². The number of anilines is 1. The van der Waals surface area contributed by atoms with Crippen LogP contribution in [0.2, 0.25) is 0 Å². The van der Waals surface area contributed by atoms with Crippen LogP contribution in [0.4, 0.5) is 5.69 Å². The molecule has 1 aliphatic carbocycles. The summed E-state index contributed by atoms with van der Waals surface area (Å²) in [7, 11) is 0. The van der Waals surface area contributed by atoms with Crippen LogP contribution < -0.4 is 10.6 Å². The van der Waals surface area contributed by atoms with Crippen LogP contribution >= 0.6 is 0 Å². The van der Waals surface area contributed by atoms with Gasteiger partial charge in [-0.25, -0.2) is 0 Å². The summed E-state index contributed by atoms with van der Waals surface area (Å²) in [5.74, 6) is -0.568. The standard InChI is InChI=1S/C19H17N3O4/c1-10-6-14(24)16-15(7-10)26-17(21)12(8-20)19(16)11-4-2-3-5-13(11)22(9-23)18(19)25/h2-5,10,23H,6-7,9,21H2,1H3/t10-,19-/m0/s1. The minimum Gasteiger partial charge on any atom is -0.444 e. The third kappa shape index (κ3) is 1.79. The summed E-state index contributed by atoms with van der Waals surface area (Å²) < 4.78 is 5.61. The van der Waals surface area contributed by atoms with Crippen molar-refractivity contribution in [3.05, 3.63) is 52.6 Å². The number of aliphatic hydroxyl groups is 1. The van der Waals surface area contributed by atoms with Crippen LogP contribution in [0.25, 0.3) is 0 Å². The average Bonchev–Trinajstić information content (AvgIpc) is 2.84. The number of benzene rings is 1. The number of para-hydroxylation sites is 1. The van der Waals surface area contributed by atoms with Crippen LogP contribution in [-0.4, -0.2) is 23.5 Å². The number of nitriles is 1. The lowest BCUT2D eigenvalue weighted by Crippen LogP contribution is -2.49. The molecule has 1 spiro atoms. The topological polar surface area (TPSA) is 117 Å². The first-order valence-corrected chi connectivity index (χ1v) is 8.34. The quantitative estimate of drug-likeness (QED) is 0.785. The van der Waals surface area contributed by atoms with E-state index in [1.165, 1.54) is 4.90 Å². The van der Waals surface area contributed by atoms with Gasteiger partial charge in [-0.2, -0.15) is 5.26 Å². The number of carbonyl (C=O) groups excluding carboxylic acids is 2. The van der Waals surface area contributed by atoms with Gasteiger partial charge >= 0.3 is 0 Å². The van der Waals surface area contributed by atoms with Gasteiger partial charge in [0.15, 0.2) is 5.78 Å². The molecule has 2 aliphatic heterocycles. The second-order valence-electron chi connectivity index (χ2n) is 6.83. The molecule has 0 unspecified atom stereocenters. The zero-order valence-corrected chi connectivity index (χ0v) is 14.2. The van der Waals surface area contributed by atoms with Gasteiger partial charge in [-0.05, 0) is 12.0 Å². The Bertz CT molecular complexity index is 956. The molecule has 26 heavy (non-hydrogen) atoms. The molecule has 7 nitrogen and oxygen atoms in total. The van der Waals surface area contributed by atoms with Gasteiger partial charge < -0.3 is 15.6 Å². The maximum atomic E-state index is 13.5. The molecular weight excluding hydrogens is 334 g/mol. The van der Waals surface area contributed by atoms with Crippen molar-refractivity contribution in [2.75, 3.05) is 11.6 Å². The minimum absolute atomic E-state index is 0.0513. The van der Waals surface area contributed by atoms with Gasteiger partial charge in [0.05, 0.1) is 11.3 Å². The third-order valence-electron chi connectivity index (χ3n) is 5.27. The molecule has 0 radical (unpaired) electrons. The van der Waals surface area contributed by atoms with E-state index in [1.807, 2.05) is 13.0 Å². The Morgan fingerprint density at radius 3 is 2.81 bits per heavy atom. The highest BCUT2D eigenvalue weighted by Gasteiger charge is 2.62. The molecule has 1 aromatic carbocycles. The fourth-order valence-electron chi connectivity index (χ4n) is 4.29. The van der Waals surface area contributed by atoms with E-state index >= 15 is 0 Å². The van der Waals surface area contributed by atoms with Crippen molar-refractivity contribution in [1.29, 1.82) is 5.26 Å². The van der Waals surface area contributed by atoms with Gasteiger partial charge in [-0.1, -0.05) is 25.1 Å². The molecule has 132 valence electrons. The highest BCUT2D eigenvalue weighted by molar-refractivity contribution is 6.19. The maximum absolute atomic E-state index is 13.5. The number of rotatable bonds is 1. The van der Waals surface area contributed by atoms with E-state index in [0.29, 0.717) is 23.4 Å². The molecular formula is C19H17N3O4. The van der Waals surface area contributed by atoms with Crippen LogP contribution in [0.1, 0.15) is 25.3 Å². The molecule has 0 saturated carbocycles. The number of fused-ring (bicyclic) bond motifs is 3. The highest BCUT2D eigenvalue weighted by atomic mass is 16.5. The number of ketones is 1. The monoisotopic (exact) mass is 351 g/mol. The molecule has 0 bridgehead atoms. The number of nitrogens with zero attached hydrogens (tertiary/aromatic N) is 2. The van der Waals surface area contributed by atoms with E-state index in [4.69, 9.17) is 10.5 Å². The van der Waals surface area contributed by atoms with E-state index < -0.39 is 18.1 Å². The number of ether oxygens (including phenoxy) is 1. The fourth-order valence-corrected chi connectivity index (χ4v) is 4.29. The molecule has 0 aromatic heterocycles. The van der Waals surface area contributed by atoms with Crippen molar-refractivity contribution < 1.29 is 19.4 Å². The van der Waals surface area contributed by atoms with Gasteiger partial charge in [0.2, 0.25) is 11.8 Å². The van der Waals surface area contributed by atoms with Gasteiger partial charge in [0.1, 0.15) is 29.5 Å². The number of aliphatic hydroxyl groups excluding tert-OH is 1. The van der Waals surface area contributed by atoms with Crippen molar-refractivity contribution >= 4 is 17.4 Å². The van der Waals surface area contributed by atoms with E-state index in [0.717, 1.165) is 0 Å². The summed E-state index contributed by atoms with van der Waals surface area (Å²) in [5, 5.41) is 19.6. The summed E-state index contributed by atoms with van der Waals surface area (Å²) in [5.41, 5.74) is 5.35. The first-order chi connectivity index (χ1) is 12.5. The minimum atomic E-state index is -1.65. The van der Waals surface area contributed by atoms with Crippen molar-refractivity contribution in [3.63, 3.8) is 0 Å². The Kier molecular flexibility index (Phi) is 3.43. The predicted octanol–water partition coefficient (Wildman–Crippen LogP) is 1.20. The Morgan fingerprint density at radius 2 is 2.12 bits per heavy atom. The van der Waals surface area contributed by atoms with Gasteiger partial charge in [-0.3, -0.25) is 14.5 Å². The summed E-state index contributed by atoms with van der Waals surface area (Å²) in [6.45, 7) is 1.35. The SMILES string of the molecule is C[C@H]1CC(=O)C2=C(C1)OC(N)=C(C#N)[C@]21C(=O)N(CO)c2ccccc21. The second kappa shape index (κ2) is 5.44. The highest BCUT2D eigenvalue weighted by Crippen LogP contribution is 2.55. The zero-order chi connectivity index (χ0) is 18.6. The van der Waals surface area contributed by atoms with Gasteiger partial charge in [0.25, 0.3) is 0 Å². The average molecular weight is 351 g/mol. The Balaban J connectivity index is 2.12. The van der Waals surface area contributed by atoms with Crippen molar-refractivity contribution in [2.24, 2.45) is 11.7 Å². The van der Waals surface area contributed by atoms with Crippen LogP contribution in [0.3, 0.4) is 0 Å². The van der Waals surface area contributed by atoms with Crippen LogP contribution in [0.15, 0.2) is 47.1 Å². The molecule has 2 atom stereocenters. The second-order valence-corrected chi connectivity index (χ2v) is 6.83. The fraction of sp³-hybridized carbons (Fsp3) is 0.316. The first kappa shape index (κ1) is 16.4. The van der Waals surface area contributed by atoms with Crippen LogP contribution in [0, 0.1) is 17.2 Å². The molecule has 3 N–H and O–H groups in total. The molecule has 3 aliphatic rings. The summed E-state index contributed by atoms with van der Waals surface area (Å²) >= 11 is 0. The Morgan fingerprint density at radius 1 is 1.38 bits per heavy atom.